The predicted octanol–water partition coefficient (Wildman–Crippen LogP) is 4.74. The molecular weight excluding hydrogens is 272 g/mol. The Bertz CT molecular complexity index is 401. The van der Waals surface area contributed by atoms with Crippen LogP contribution < -0.4 is 0 Å². The summed E-state index contributed by atoms with van der Waals surface area (Å²) in [4.78, 5) is 11.8. The van der Waals surface area contributed by atoms with E-state index in [9.17, 15) is 9.90 Å². The molecular formula is C20H34O2. The predicted molar refractivity (Wildman–Crippen MR) is 89.5 cm³/mol. The van der Waals surface area contributed by atoms with E-state index in [1.54, 1.807) is 0 Å². The summed E-state index contributed by atoms with van der Waals surface area (Å²) >= 11 is 0. The molecule has 0 spiro atoms. The van der Waals surface area contributed by atoms with E-state index in [2.05, 4.69) is 6.92 Å². The van der Waals surface area contributed by atoms with Crippen LogP contribution in [0.15, 0.2) is 0 Å². The average Bonchev–Trinajstić information content (AvgIpc) is 2.89. The highest BCUT2D eigenvalue weighted by atomic mass is 16.3. The van der Waals surface area contributed by atoms with Gasteiger partial charge in [-0.1, -0.05) is 19.8 Å². The fourth-order valence-electron chi connectivity index (χ4n) is 6.01. The first-order valence-corrected chi connectivity index (χ1v) is 9.74. The lowest BCUT2D eigenvalue weighted by Crippen LogP contribution is -2.45. The minimum Gasteiger partial charge on any atom is -0.390 e. The third kappa shape index (κ3) is 3.42. The van der Waals surface area contributed by atoms with Crippen molar-refractivity contribution < 1.29 is 9.90 Å². The van der Waals surface area contributed by atoms with Crippen molar-refractivity contribution in [1.82, 2.24) is 0 Å². The minimum absolute atomic E-state index is 0.424. The van der Waals surface area contributed by atoms with Gasteiger partial charge in [-0.25, -0.2) is 0 Å². The molecule has 1 N–H and O–H groups in total. The number of rotatable bonds is 4. The summed E-state index contributed by atoms with van der Waals surface area (Å²) in [5.41, 5.74) is -0.424. The van der Waals surface area contributed by atoms with Crippen LogP contribution in [0.2, 0.25) is 0 Å². The van der Waals surface area contributed by atoms with Crippen molar-refractivity contribution in [2.45, 2.75) is 90.1 Å². The van der Waals surface area contributed by atoms with Crippen LogP contribution >= 0.6 is 0 Å². The number of hydrogen-bond acceptors (Lipinski definition) is 2. The highest BCUT2D eigenvalue weighted by molar-refractivity contribution is 5.80. The van der Waals surface area contributed by atoms with Crippen LogP contribution in [0.25, 0.3) is 0 Å². The molecule has 126 valence electrons. The molecule has 0 aliphatic heterocycles. The first-order chi connectivity index (χ1) is 10.5. The second kappa shape index (κ2) is 6.63. The number of unbranched alkanes of at least 4 members (excludes halogenated alkanes) is 1. The fourth-order valence-corrected chi connectivity index (χ4v) is 6.01. The molecule has 0 unspecified atom stereocenters. The largest absolute Gasteiger partial charge is 0.390 e. The fraction of sp³-hybridized carbons (Fsp3) is 0.950. The molecule has 22 heavy (non-hydrogen) atoms. The third-order valence-electron chi connectivity index (χ3n) is 7.07. The molecule has 0 aromatic rings. The molecule has 6 atom stereocenters. The van der Waals surface area contributed by atoms with Gasteiger partial charge in [-0.15, -0.1) is 0 Å². The van der Waals surface area contributed by atoms with Gasteiger partial charge in [0.25, 0.3) is 0 Å². The molecule has 0 radical (unpaired) electrons. The van der Waals surface area contributed by atoms with Gasteiger partial charge in [-0.3, -0.25) is 4.79 Å². The van der Waals surface area contributed by atoms with Gasteiger partial charge in [-0.05, 0) is 81.5 Å². The number of carbonyl (C=O) groups excluding carboxylic acids is 1. The molecule has 0 heterocycles. The van der Waals surface area contributed by atoms with Gasteiger partial charge in [0.1, 0.15) is 5.78 Å². The molecule has 2 heteroatoms. The first-order valence-electron chi connectivity index (χ1n) is 9.74. The molecule has 0 saturated heterocycles. The zero-order valence-electron chi connectivity index (χ0n) is 14.5. The summed E-state index contributed by atoms with van der Waals surface area (Å²) < 4.78 is 0. The maximum absolute atomic E-state index is 11.8. The quantitative estimate of drug-likeness (QED) is 0.814. The van der Waals surface area contributed by atoms with E-state index in [4.69, 9.17) is 0 Å². The summed E-state index contributed by atoms with van der Waals surface area (Å²) in [6, 6.07) is 0. The maximum atomic E-state index is 11.8. The van der Waals surface area contributed by atoms with Crippen LogP contribution in [-0.4, -0.2) is 16.5 Å². The first kappa shape index (κ1) is 16.5. The Morgan fingerprint density at radius 3 is 2.59 bits per heavy atom. The van der Waals surface area contributed by atoms with E-state index in [-0.39, 0.29) is 0 Å². The summed E-state index contributed by atoms with van der Waals surface area (Å²) in [7, 11) is 0. The van der Waals surface area contributed by atoms with Gasteiger partial charge in [0.2, 0.25) is 0 Å². The zero-order valence-corrected chi connectivity index (χ0v) is 14.5. The average molecular weight is 306 g/mol. The lowest BCUT2D eigenvalue weighted by Gasteiger charge is -2.51. The lowest BCUT2D eigenvalue weighted by atomic mass is 9.56. The van der Waals surface area contributed by atoms with E-state index >= 15 is 0 Å². The van der Waals surface area contributed by atoms with Crippen molar-refractivity contribution in [1.29, 1.82) is 0 Å². The van der Waals surface area contributed by atoms with Crippen molar-refractivity contribution in [3.63, 3.8) is 0 Å². The van der Waals surface area contributed by atoms with E-state index in [1.165, 1.54) is 38.5 Å². The van der Waals surface area contributed by atoms with Crippen molar-refractivity contribution in [2.75, 3.05) is 0 Å². The molecule has 0 bridgehead atoms. The monoisotopic (exact) mass is 306 g/mol. The van der Waals surface area contributed by atoms with E-state index in [1.807, 2.05) is 6.92 Å². The second-order valence-electron chi connectivity index (χ2n) is 8.75. The Balaban J connectivity index is 1.73. The Morgan fingerprint density at radius 1 is 1.14 bits per heavy atom. The van der Waals surface area contributed by atoms with Crippen LogP contribution in [0.1, 0.15) is 84.5 Å². The van der Waals surface area contributed by atoms with Gasteiger partial charge in [0.15, 0.2) is 0 Å². The van der Waals surface area contributed by atoms with Gasteiger partial charge >= 0.3 is 0 Å². The van der Waals surface area contributed by atoms with E-state index < -0.39 is 5.60 Å². The number of ketones is 1. The van der Waals surface area contributed by atoms with Crippen molar-refractivity contribution >= 4 is 5.78 Å². The molecule has 3 fully saturated rings. The Kier molecular flexibility index (Phi) is 4.97. The Labute approximate surface area is 136 Å². The van der Waals surface area contributed by atoms with Crippen molar-refractivity contribution in [3.05, 3.63) is 0 Å². The summed E-state index contributed by atoms with van der Waals surface area (Å²) in [5, 5.41) is 10.4. The number of Topliss-reactive ketones (excluding diaryl/α,β-unsaturated/α-hetero) is 1. The minimum atomic E-state index is -0.424. The molecule has 2 nitrogen and oxygen atoms in total. The summed E-state index contributed by atoms with van der Waals surface area (Å²) in [6.45, 7) is 4.33. The highest BCUT2D eigenvalue weighted by Crippen LogP contribution is 2.53. The van der Waals surface area contributed by atoms with Gasteiger partial charge in [-0.2, -0.15) is 0 Å². The second-order valence-corrected chi connectivity index (χ2v) is 8.75. The Hall–Kier alpha value is -0.370. The topological polar surface area (TPSA) is 37.3 Å². The van der Waals surface area contributed by atoms with E-state index in [0.29, 0.717) is 11.7 Å². The van der Waals surface area contributed by atoms with Crippen LogP contribution in [0.4, 0.5) is 0 Å². The molecule has 3 rings (SSSR count). The van der Waals surface area contributed by atoms with Crippen LogP contribution in [0.3, 0.4) is 0 Å². The number of hydrogen-bond donors (Lipinski definition) is 1. The van der Waals surface area contributed by atoms with Crippen LogP contribution in [0.5, 0.6) is 0 Å². The molecule has 3 saturated carbocycles. The normalized spacial score (nSPS) is 45.8. The lowest BCUT2D eigenvalue weighted by molar-refractivity contribution is -0.118. The van der Waals surface area contributed by atoms with Crippen molar-refractivity contribution in [3.8, 4) is 0 Å². The summed E-state index contributed by atoms with van der Waals surface area (Å²) in [5.74, 6) is 4.36. The van der Waals surface area contributed by atoms with E-state index in [0.717, 1.165) is 55.8 Å². The standard InChI is InChI=1S/C20H34O2/c1-3-4-5-19-17(14-6-8-16(21)12-14)9-7-15-13-20(2,22)11-10-18(15)19/h14-15,17-19,22H,3-13H2,1-2H3/t14-,15+,17+,18+,19+,20+/m1/s1. The SMILES string of the molecule is CCCC[C@H]1[C@H]([C@@H]2CCC(=O)C2)CC[C@H]2C[C@@](C)(O)CC[C@@H]21. The van der Waals surface area contributed by atoms with Crippen molar-refractivity contribution in [2.24, 2.45) is 29.6 Å². The van der Waals surface area contributed by atoms with Gasteiger partial charge in [0.05, 0.1) is 5.60 Å². The number of fused-ring (bicyclic) bond motifs is 1. The van der Waals surface area contributed by atoms with Crippen LogP contribution in [0, 0.1) is 29.6 Å². The van der Waals surface area contributed by atoms with Gasteiger partial charge in [0, 0.05) is 12.8 Å². The smallest absolute Gasteiger partial charge is 0.133 e. The molecule has 0 aromatic heterocycles. The van der Waals surface area contributed by atoms with Gasteiger partial charge < -0.3 is 5.11 Å². The molecule has 3 aliphatic carbocycles. The highest BCUT2D eigenvalue weighted by Gasteiger charge is 2.47. The number of aliphatic hydroxyl groups is 1. The molecule has 0 aromatic carbocycles. The third-order valence-corrected chi connectivity index (χ3v) is 7.07. The molecule has 0 amide bonds. The maximum Gasteiger partial charge on any atom is 0.133 e. The summed E-state index contributed by atoms with van der Waals surface area (Å²) in [6.07, 6.45) is 12.6. The molecule has 3 aliphatic rings. The number of carbonyl (C=O) groups is 1. The van der Waals surface area contributed by atoms with Crippen LogP contribution in [-0.2, 0) is 4.79 Å². The zero-order chi connectivity index (χ0) is 15.7. The Morgan fingerprint density at radius 2 is 1.91 bits per heavy atom.